The Kier molecular flexibility index (Phi) is 4.37. The van der Waals surface area contributed by atoms with Crippen LogP contribution in [0.2, 0.25) is 0 Å². The number of fused-ring (bicyclic) bond motifs is 1. The Morgan fingerprint density at radius 1 is 1.11 bits per heavy atom. The molecule has 0 aliphatic heterocycles. The minimum absolute atomic E-state index is 0.170. The number of ether oxygens (including phenoxy) is 2. The zero-order chi connectivity index (χ0) is 19.0. The predicted molar refractivity (Wildman–Crippen MR) is 102 cm³/mol. The van der Waals surface area contributed by atoms with Crippen LogP contribution in [0, 0.1) is 5.82 Å². The second kappa shape index (κ2) is 6.85. The second-order valence-corrected chi connectivity index (χ2v) is 6.91. The smallest absolute Gasteiger partial charge is 0.353 e. The highest BCUT2D eigenvalue weighted by atomic mass is 32.1. The van der Waals surface area contributed by atoms with E-state index in [0.29, 0.717) is 4.88 Å². The zero-order valence-corrected chi connectivity index (χ0v) is 15.4. The number of esters is 1. The van der Waals surface area contributed by atoms with Gasteiger partial charge in [-0.05, 0) is 30.3 Å². The Morgan fingerprint density at radius 2 is 1.89 bits per heavy atom. The third kappa shape index (κ3) is 3.29. The van der Waals surface area contributed by atoms with Crippen molar-refractivity contribution >= 4 is 27.5 Å². The van der Waals surface area contributed by atoms with Crippen molar-refractivity contribution in [1.29, 1.82) is 0 Å². The van der Waals surface area contributed by atoms with Crippen LogP contribution in [0.5, 0.6) is 11.5 Å². The summed E-state index contributed by atoms with van der Waals surface area (Å²) in [6.07, 6.45) is 0. The quantitative estimate of drug-likeness (QED) is 0.380. The maximum absolute atomic E-state index is 13.3. The lowest BCUT2D eigenvalue weighted by molar-refractivity contribution is 0.0739. The summed E-state index contributed by atoms with van der Waals surface area (Å²) in [7, 11) is 3.43. The monoisotopic (exact) mass is 382 g/mol. The number of halogens is 1. The highest BCUT2D eigenvalue weighted by Gasteiger charge is 2.19. The van der Waals surface area contributed by atoms with Gasteiger partial charge in [0.25, 0.3) is 0 Å². The van der Waals surface area contributed by atoms with E-state index in [4.69, 9.17) is 9.47 Å². The second-order valence-electron chi connectivity index (χ2n) is 5.88. The topological polar surface area (TPSA) is 53.4 Å². The molecule has 7 heteroatoms. The highest BCUT2D eigenvalue weighted by molar-refractivity contribution is 7.20. The number of benzene rings is 2. The lowest BCUT2D eigenvalue weighted by Gasteiger charge is -2.03. The summed E-state index contributed by atoms with van der Waals surface area (Å²) in [4.78, 5) is 13.7. The Balaban J connectivity index is 1.71. The van der Waals surface area contributed by atoms with Crippen molar-refractivity contribution in [3.8, 4) is 22.8 Å². The number of thiophene rings is 1. The van der Waals surface area contributed by atoms with Crippen LogP contribution in [0.15, 0.2) is 54.6 Å². The van der Waals surface area contributed by atoms with Crippen LogP contribution in [-0.2, 0) is 7.05 Å². The molecule has 0 N–H and O–H groups in total. The van der Waals surface area contributed by atoms with E-state index in [1.54, 1.807) is 17.9 Å². The number of hydrogen-bond acceptors (Lipinski definition) is 5. The molecule has 0 aliphatic carbocycles. The Hall–Kier alpha value is -3.19. The number of aromatic nitrogens is 2. The van der Waals surface area contributed by atoms with E-state index < -0.39 is 11.8 Å². The van der Waals surface area contributed by atoms with Gasteiger partial charge in [-0.3, -0.25) is 4.68 Å². The molecule has 0 radical (unpaired) electrons. The molecule has 0 aliphatic rings. The highest BCUT2D eigenvalue weighted by Crippen LogP contribution is 2.35. The van der Waals surface area contributed by atoms with Crippen molar-refractivity contribution in [2.45, 2.75) is 0 Å². The van der Waals surface area contributed by atoms with E-state index in [1.807, 2.05) is 31.3 Å². The van der Waals surface area contributed by atoms with Gasteiger partial charge in [0.2, 0.25) is 0 Å². The van der Waals surface area contributed by atoms with Crippen LogP contribution in [0.3, 0.4) is 0 Å². The summed E-state index contributed by atoms with van der Waals surface area (Å²) in [5, 5.41) is 5.41. The van der Waals surface area contributed by atoms with Gasteiger partial charge in [0.05, 0.1) is 7.11 Å². The number of aryl methyl sites for hydroxylation is 1. The summed E-state index contributed by atoms with van der Waals surface area (Å²) in [5.41, 5.74) is 1.65. The number of methoxy groups -OCH3 is 1. The van der Waals surface area contributed by atoms with Crippen molar-refractivity contribution in [2.24, 2.45) is 7.05 Å². The van der Waals surface area contributed by atoms with Crippen LogP contribution in [0.1, 0.15) is 9.67 Å². The molecule has 0 amide bonds. The lowest BCUT2D eigenvalue weighted by Crippen LogP contribution is -2.06. The molecule has 0 atom stereocenters. The molecule has 0 unspecified atom stereocenters. The van der Waals surface area contributed by atoms with Gasteiger partial charge >= 0.3 is 5.97 Å². The van der Waals surface area contributed by atoms with Crippen molar-refractivity contribution < 1.29 is 18.7 Å². The number of carbonyl (C=O) groups is 1. The van der Waals surface area contributed by atoms with Crippen molar-refractivity contribution in [1.82, 2.24) is 9.78 Å². The number of rotatable bonds is 4. The maximum Gasteiger partial charge on any atom is 0.353 e. The third-order valence-electron chi connectivity index (χ3n) is 4.06. The molecule has 27 heavy (non-hydrogen) atoms. The molecule has 2 aromatic carbocycles. The SMILES string of the molecule is COc1cccc(-c2nn(C)c3sc(C(=O)Oc4cccc(F)c4)cc23)c1. The fourth-order valence-electron chi connectivity index (χ4n) is 2.81. The molecule has 0 fully saturated rings. The summed E-state index contributed by atoms with van der Waals surface area (Å²) in [5.74, 6) is -0.0876. The lowest BCUT2D eigenvalue weighted by atomic mass is 10.1. The molecule has 2 heterocycles. The fraction of sp³-hybridized carbons (Fsp3) is 0.100. The van der Waals surface area contributed by atoms with E-state index in [9.17, 15) is 9.18 Å². The molecule has 0 saturated heterocycles. The molecular weight excluding hydrogens is 367 g/mol. The first-order chi connectivity index (χ1) is 13.0. The van der Waals surface area contributed by atoms with Gasteiger partial charge < -0.3 is 9.47 Å². The molecule has 5 nitrogen and oxygen atoms in total. The van der Waals surface area contributed by atoms with Gasteiger partial charge in [0, 0.05) is 24.1 Å². The Morgan fingerprint density at radius 3 is 2.67 bits per heavy atom. The minimum atomic E-state index is -0.529. The summed E-state index contributed by atoms with van der Waals surface area (Å²) < 4.78 is 25.6. The molecule has 0 bridgehead atoms. The fourth-order valence-corrected chi connectivity index (χ4v) is 3.76. The van der Waals surface area contributed by atoms with E-state index in [2.05, 4.69) is 5.10 Å². The first-order valence-corrected chi connectivity index (χ1v) is 8.95. The van der Waals surface area contributed by atoms with Crippen LogP contribution < -0.4 is 9.47 Å². The minimum Gasteiger partial charge on any atom is -0.497 e. The van der Waals surface area contributed by atoms with Crippen molar-refractivity contribution in [2.75, 3.05) is 7.11 Å². The van der Waals surface area contributed by atoms with Crippen molar-refractivity contribution in [3.63, 3.8) is 0 Å². The largest absolute Gasteiger partial charge is 0.497 e. The van der Waals surface area contributed by atoms with Gasteiger partial charge in [-0.1, -0.05) is 18.2 Å². The van der Waals surface area contributed by atoms with Crippen LogP contribution >= 0.6 is 11.3 Å². The molecule has 4 rings (SSSR count). The van der Waals surface area contributed by atoms with Crippen LogP contribution in [0.25, 0.3) is 21.5 Å². The maximum atomic E-state index is 13.3. The van der Waals surface area contributed by atoms with Gasteiger partial charge in [0.15, 0.2) is 0 Å². The van der Waals surface area contributed by atoms with E-state index in [-0.39, 0.29) is 5.75 Å². The van der Waals surface area contributed by atoms with Crippen LogP contribution in [-0.4, -0.2) is 22.9 Å². The average molecular weight is 382 g/mol. The Labute approximate surface area is 158 Å². The molecule has 4 aromatic rings. The van der Waals surface area contributed by atoms with E-state index in [0.717, 1.165) is 27.2 Å². The molecule has 2 aromatic heterocycles. The van der Waals surface area contributed by atoms with Gasteiger partial charge in [-0.15, -0.1) is 11.3 Å². The summed E-state index contributed by atoms with van der Waals surface area (Å²) in [6, 6.07) is 14.8. The summed E-state index contributed by atoms with van der Waals surface area (Å²) >= 11 is 1.28. The van der Waals surface area contributed by atoms with Crippen LogP contribution in [0.4, 0.5) is 4.39 Å². The Bertz CT molecular complexity index is 1150. The average Bonchev–Trinajstić information content (AvgIpc) is 3.23. The first-order valence-electron chi connectivity index (χ1n) is 8.14. The van der Waals surface area contributed by atoms with Gasteiger partial charge in [-0.25, -0.2) is 9.18 Å². The zero-order valence-electron chi connectivity index (χ0n) is 14.6. The van der Waals surface area contributed by atoms with Crippen molar-refractivity contribution in [3.05, 3.63) is 65.3 Å². The molecule has 0 spiro atoms. The predicted octanol–water partition coefficient (Wildman–Crippen LogP) is 4.67. The number of nitrogens with zero attached hydrogens (tertiary/aromatic N) is 2. The van der Waals surface area contributed by atoms with E-state index >= 15 is 0 Å². The molecule has 136 valence electrons. The number of hydrogen-bond donors (Lipinski definition) is 0. The number of carbonyl (C=O) groups excluding carboxylic acids is 1. The van der Waals surface area contributed by atoms with Gasteiger partial charge in [0.1, 0.15) is 32.7 Å². The van der Waals surface area contributed by atoms with E-state index in [1.165, 1.54) is 35.6 Å². The molecular formula is C20H15FN2O3S. The normalized spacial score (nSPS) is 10.9. The summed E-state index contributed by atoms with van der Waals surface area (Å²) in [6.45, 7) is 0. The van der Waals surface area contributed by atoms with Gasteiger partial charge in [-0.2, -0.15) is 5.10 Å². The first kappa shape index (κ1) is 17.2. The molecule has 0 saturated carbocycles. The standard InChI is InChI=1S/C20H15FN2O3S/c1-23-19-16(18(22-23)12-5-3-7-14(9-12)25-2)11-17(27-19)20(24)26-15-8-4-6-13(21)10-15/h3-11H,1-2H3. The third-order valence-corrected chi connectivity index (χ3v) is 5.24.